The third-order valence-corrected chi connectivity index (χ3v) is 8.74. The van der Waals surface area contributed by atoms with Crippen molar-refractivity contribution in [2.75, 3.05) is 31.1 Å². The van der Waals surface area contributed by atoms with Crippen LogP contribution in [0.4, 0.5) is 5.69 Å². The average molecular weight is 530 g/mol. The fraction of sp³-hybridized carbons (Fsp3) is 0.552. The molecule has 2 aromatic rings. The maximum absolute atomic E-state index is 14.0. The number of nitrogens with one attached hydrogen (secondary N) is 1. The molecule has 0 aliphatic carbocycles. The first-order chi connectivity index (χ1) is 17.8. The molecule has 1 aliphatic rings. The van der Waals surface area contributed by atoms with Gasteiger partial charge < -0.3 is 15.0 Å². The van der Waals surface area contributed by atoms with E-state index in [1.165, 1.54) is 10.4 Å². The summed E-state index contributed by atoms with van der Waals surface area (Å²) < 4.78 is 35.9. The van der Waals surface area contributed by atoms with Gasteiger partial charge in [0.1, 0.15) is 10.6 Å². The summed E-state index contributed by atoms with van der Waals surface area (Å²) in [5.41, 5.74) is 0.992. The summed E-state index contributed by atoms with van der Waals surface area (Å²) in [6, 6.07) is 12.6. The second-order valence-electron chi connectivity index (χ2n) is 9.83. The minimum absolute atomic E-state index is 0.0221. The van der Waals surface area contributed by atoms with E-state index >= 15 is 0 Å². The molecule has 8 heteroatoms. The summed E-state index contributed by atoms with van der Waals surface area (Å²) in [5, 5.41) is 3.01. The van der Waals surface area contributed by atoms with Crippen molar-refractivity contribution in [1.82, 2.24) is 9.62 Å². The van der Waals surface area contributed by atoms with Crippen LogP contribution in [-0.2, 0) is 10.0 Å². The Bertz CT molecular complexity index is 1110. The van der Waals surface area contributed by atoms with Gasteiger partial charge in [-0.25, -0.2) is 8.42 Å². The van der Waals surface area contributed by atoms with Crippen molar-refractivity contribution in [3.8, 4) is 11.5 Å². The third kappa shape index (κ3) is 7.48. The first-order valence-corrected chi connectivity index (χ1v) is 15.2. The lowest BCUT2D eigenvalue weighted by Crippen LogP contribution is -2.33. The molecule has 0 aromatic heterocycles. The van der Waals surface area contributed by atoms with Crippen LogP contribution >= 0.6 is 0 Å². The minimum atomic E-state index is -3.87. The number of rotatable bonds is 14. The Morgan fingerprint density at radius 3 is 2.22 bits per heavy atom. The number of benzene rings is 2. The van der Waals surface area contributed by atoms with Gasteiger partial charge in [-0.3, -0.25) is 4.79 Å². The van der Waals surface area contributed by atoms with Crippen molar-refractivity contribution in [2.45, 2.75) is 83.6 Å². The van der Waals surface area contributed by atoms with Crippen LogP contribution < -0.4 is 15.0 Å². The Morgan fingerprint density at radius 1 is 1.03 bits per heavy atom. The highest BCUT2D eigenvalue weighted by Gasteiger charge is 2.34. The van der Waals surface area contributed by atoms with Crippen molar-refractivity contribution in [3.05, 3.63) is 48.0 Å². The van der Waals surface area contributed by atoms with Crippen molar-refractivity contribution in [2.24, 2.45) is 0 Å². The number of unbranched alkanes of at least 4 members (excludes halogenated alkanes) is 2. The molecule has 1 atom stereocenters. The van der Waals surface area contributed by atoms with E-state index < -0.39 is 10.0 Å². The number of nitrogens with zero attached hydrogens (tertiary/aromatic N) is 2. The second kappa shape index (κ2) is 13.8. The predicted molar refractivity (Wildman–Crippen MR) is 150 cm³/mol. The number of anilines is 1. The lowest BCUT2D eigenvalue weighted by atomic mass is 10.1. The van der Waals surface area contributed by atoms with Crippen LogP contribution in [0.3, 0.4) is 0 Å². The largest absolute Gasteiger partial charge is 0.454 e. The first-order valence-electron chi connectivity index (χ1n) is 13.8. The number of amides is 1. The maximum atomic E-state index is 14.0. The highest BCUT2D eigenvalue weighted by atomic mass is 32.2. The lowest BCUT2D eigenvalue weighted by Gasteiger charge is -2.29. The van der Waals surface area contributed by atoms with Crippen molar-refractivity contribution in [3.63, 3.8) is 0 Å². The fourth-order valence-corrected chi connectivity index (χ4v) is 6.05. The number of hydrogen-bond donors (Lipinski definition) is 1. The van der Waals surface area contributed by atoms with Crippen LogP contribution in [0.15, 0.2) is 47.4 Å². The van der Waals surface area contributed by atoms with E-state index in [9.17, 15) is 13.2 Å². The Kier molecular flexibility index (Phi) is 10.8. The van der Waals surface area contributed by atoms with Crippen LogP contribution in [0.2, 0.25) is 0 Å². The van der Waals surface area contributed by atoms with Crippen LogP contribution in [0.25, 0.3) is 0 Å². The molecule has 0 spiro atoms. The molecule has 1 heterocycles. The molecule has 1 fully saturated rings. The summed E-state index contributed by atoms with van der Waals surface area (Å²) in [7, 11) is -3.87. The van der Waals surface area contributed by atoms with E-state index in [4.69, 9.17) is 4.74 Å². The molecule has 7 nitrogen and oxygen atoms in total. The smallest absolute Gasteiger partial charge is 0.251 e. The highest BCUT2D eigenvalue weighted by molar-refractivity contribution is 7.89. The Hall–Kier alpha value is -2.58. The fourth-order valence-electron chi connectivity index (χ4n) is 4.38. The molecule has 0 radical (unpaired) electrons. The Balaban J connectivity index is 2.25. The SMILES string of the molecule is CCCCN(CCCC)c1cc(C(=O)NC(C)CC)cc(S(=O)(=O)N2CCCC2)c1Oc1ccccc1. The van der Waals surface area contributed by atoms with Crippen molar-refractivity contribution < 1.29 is 17.9 Å². The van der Waals surface area contributed by atoms with Crippen LogP contribution in [0, 0.1) is 0 Å². The zero-order chi connectivity index (χ0) is 26.8. The van der Waals surface area contributed by atoms with E-state index in [0.29, 0.717) is 35.8 Å². The Morgan fingerprint density at radius 2 is 1.65 bits per heavy atom. The monoisotopic (exact) mass is 529 g/mol. The molecule has 1 aliphatic heterocycles. The number of ether oxygens (including phenoxy) is 1. The molecule has 1 N–H and O–H groups in total. The first kappa shape index (κ1) is 29.0. The van der Waals surface area contributed by atoms with E-state index in [1.807, 2.05) is 50.2 Å². The quantitative estimate of drug-likeness (QED) is 0.315. The van der Waals surface area contributed by atoms with E-state index in [2.05, 4.69) is 24.1 Å². The summed E-state index contributed by atoms with van der Waals surface area (Å²) in [5.74, 6) is 0.584. The highest BCUT2D eigenvalue weighted by Crippen LogP contribution is 2.41. The van der Waals surface area contributed by atoms with Gasteiger partial charge in [-0.05, 0) is 63.3 Å². The zero-order valence-corrected chi connectivity index (χ0v) is 23.6. The van der Waals surface area contributed by atoms with Gasteiger partial charge in [-0.15, -0.1) is 0 Å². The van der Waals surface area contributed by atoms with Gasteiger partial charge in [-0.1, -0.05) is 51.8 Å². The Labute approximate surface area is 223 Å². The van der Waals surface area contributed by atoms with Gasteiger partial charge in [0.25, 0.3) is 5.91 Å². The lowest BCUT2D eigenvalue weighted by molar-refractivity contribution is 0.0939. The van der Waals surface area contributed by atoms with Crippen molar-refractivity contribution >= 4 is 21.6 Å². The third-order valence-electron chi connectivity index (χ3n) is 6.84. The summed E-state index contributed by atoms with van der Waals surface area (Å²) in [4.78, 5) is 15.6. The van der Waals surface area contributed by atoms with Gasteiger partial charge in [0.05, 0.1) is 5.69 Å². The molecular weight excluding hydrogens is 486 g/mol. The predicted octanol–water partition coefficient (Wildman–Crippen LogP) is 6.20. The molecule has 204 valence electrons. The minimum Gasteiger partial charge on any atom is -0.454 e. The molecule has 1 amide bonds. The normalized spacial score (nSPS) is 14.9. The summed E-state index contributed by atoms with van der Waals surface area (Å²) >= 11 is 0. The molecular formula is C29H43N3O4S. The summed E-state index contributed by atoms with van der Waals surface area (Å²) in [6.45, 7) is 10.7. The average Bonchev–Trinajstić information content (AvgIpc) is 3.45. The van der Waals surface area contributed by atoms with Gasteiger partial charge in [0.15, 0.2) is 5.75 Å². The number of carbonyl (C=O) groups is 1. The summed E-state index contributed by atoms with van der Waals surface area (Å²) in [6.07, 6.45) is 6.35. The van der Waals surface area contributed by atoms with Crippen LogP contribution in [0.1, 0.15) is 83.0 Å². The van der Waals surface area contributed by atoms with Gasteiger partial charge in [0, 0.05) is 37.8 Å². The standard InChI is InChI=1S/C29H43N3O4S/c1-5-8-17-31(18-9-6-2)26-21-24(29(33)30-23(4)7-3)22-27(37(34,35)32-19-13-14-20-32)28(26)36-25-15-11-10-12-16-25/h10-12,15-16,21-23H,5-9,13-14,17-20H2,1-4H3,(H,30,33). The molecule has 0 saturated carbocycles. The van der Waals surface area contributed by atoms with E-state index in [0.717, 1.165) is 58.0 Å². The number of para-hydroxylation sites is 1. The van der Waals surface area contributed by atoms with E-state index in [1.54, 1.807) is 0 Å². The number of sulfonamides is 1. The molecule has 37 heavy (non-hydrogen) atoms. The molecule has 1 saturated heterocycles. The maximum Gasteiger partial charge on any atom is 0.251 e. The molecule has 3 rings (SSSR count). The topological polar surface area (TPSA) is 79.0 Å². The molecule has 0 bridgehead atoms. The van der Waals surface area contributed by atoms with Gasteiger partial charge in [-0.2, -0.15) is 4.31 Å². The van der Waals surface area contributed by atoms with Crippen molar-refractivity contribution in [1.29, 1.82) is 0 Å². The van der Waals surface area contributed by atoms with Crippen LogP contribution in [-0.4, -0.2) is 50.9 Å². The second-order valence-corrected chi connectivity index (χ2v) is 11.7. The number of carbonyl (C=O) groups excluding carboxylic acids is 1. The molecule has 1 unspecified atom stereocenters. The van der Waals surface area contributed by atoms with E-state index in [-0.39, 0.29) is 16.8 Å². The molecule has 2 aromatic carbocycles. The van der Waals surface area contributed by atoms with Crippen LogP contribution in [0.5, 0.6) is 11.5 Å². The zero-order valence-electron chi connectivity index (χ0n) is 22.8. The van der Waals surface area contributed by atoms with Gasteiger partial charge in [0.2, 0.25) is 10.0 Å². The number of hydrogen-bond acceptors (Lipinski definition) is 5. The van der Waals surface area contributed by atoms with Gasteiger partial charge >= 0.3 is 0 Å².